The van der Waals surface area contributed by atoms with Crippen LogP contribution in [0.4, 0.5) is 5.69 Å². The lowest BCUT2D eigenvalue weighted by Gasteiger charge is -2.36. The Labute approximate surface area is 175 Å². The van der Waals surface area contributed by atoms with Crippen molar-refractivity contribution in [3.8, 4) is 11.5 Å². The number of para-hydroxylation sites is 1. The smallest absolute Gasteiger partial charge is 0.270 e. The highest BCUT2D eigenvalue weighted by molar-refractivity contribution is 7.80. The molecular formula is C22H22N2O4S. The summed E-state index contributed by atoms with van der Waals surface area (Å²) >= 11 is 5.49. The van der Waals surface area contributed by atoms with E-state index in [9.17, 15) is 9.59 Å². The van der Waals surface area contributed by atoms with E-state index in [1.165, 1.54) is 16.9 Å². The van der Waals surface area contributed by atoms with Gasteiger partial charge in [-0.15, -0.1) is 0 Å². The summed E-state index contributed by atoms with van der Waals surface area (Å²) in [5.74, 6) is 0.228. The lowest BCUT2D eigenvalue weighted by atomic mass is 10.0. The van der Waals surface area contributed by atoms with Gasteiger partial charge in [0.15, 0.2) is 16.6 Å². The van der Waals surface area contributed by atoms with Crippen LogP contribution in [0.15, 0.2) is 54.1 Å². The van der Waals surface area contributed by atoms with Crippen molar-refractivity contribution in [3.05, 3.63) is 59.7 Å². The number of anilines is 1. The van der Waals surface area contributed by atoms with Crippen LogP contribution in [0.1, 0.15) is 18.9 Å². The van der Waals surface area contributed by atoms with Crippen molar-refractivity contribution in [2.24, 2.45) is 0 Å². The maximum absolute atomic E-state index is 13.2. The molecule has 1 aliphatic rings. The van der Waals surface area contributed by atoms with Gasteiger partial charge in [0.05, 0.1) is 19.9 Å². The molecule has 6 nitrogen and oxygen atoms in total. The Kier molecular flexibility index (Phi) is 6.29. The summed E-state index contributed by atoms with van der Waals surface area (Å²) in [6.07, 6.45) is 2.28. The molecule has 0 saturated carbocycles. The molecule has 0 aliphatic carbocycles. The summed E-state index contributed by atoms with van der Waals surface area (Å²) in [6.45, 7) is 2.38. The highest BCUT2D eigenvalue weighted by Gasteiger charge is 2.39. The molecule has 0 atom stereocenters. The van der Waals surface area contributed by atoms with Gasteiger partial charge in [-0.1, -0.05) is 31.2 Å². The number of hydrogen-bond donors (Lipinski definition) is 0. The topological polar surface area (TPSA) is 59.1 Å². The minimum atomic E-state index is -0.451. The van der Waals surface area contributed by atoms with E-state index in [1.54, 1.807) is 43.5 Å². The number of hydrogen-bond acceptors (Lipinski definition) is 5. The molecule has 0 unspecified atom stereocenters. The van der Waals surface area contributed by atoms with Gasteiger partial charge in [-0.05, 0) is 54.5 Å². The van der Waals surface area contributed by atoms with Gasteiger partial charge in [0, 0.05) is 6.54 Å². The second-order valence-electron chi connectivity index (χ2n) is 6.39. The average Bonchev–Trinajstić information content (AvgIpc) is 2.75. The molecule has 29 heavy (non-hydrogen) atoms. The van der Waals surface area contributed by atoms with E-state index >= 15 is 0 Å². The number of thiocarbonyl (C=S) groups is 1. The minimum Gasteiger partial charge on any atom is -0.493 e. The fourth-order valence-electron chi connectivity index (χ4n) is 3.11. The van der Waals surface area contributed by atoms with Crippen molar-refractivity contribution in [2.75, 3.05) is 25.7 Å². The molecule has 1 aliphatic heterocycles. The summed E-state index contributed by atoms with van der Waals surface area (Å²) in [5, 5.41) is 0.192. The Morgan fingerprint density at radius 2 is 1.66 bits per heavy atom. The maximum atomic E-state index is 13.2. The number of ether oxygens (including phenoxy) is 2. The summed E-state index contributed by atoms with van der Waals surface area (Å²) in [7, 11) is 3.08. The summed E-state index contributed by atoms with van der Waals surface area (Å²) in [4.78, 5) is 29.2. The molecule has 2 aromatic carbocycles. The number of nitrogens with zero attached hydrogens (tertiary/aromatic N) is 2. The largest absolute Gasteiger partial charge is 0.493 e. The minimum absolute atomic E-state index is 0.0446. The molecule has 1 fully saturated rings. The zero-order chi connectivity index (χ0) is 21.0. The first-order valence-corrected chi connectivity index (χ1v) is 9.61. The molecule has 150 valence electrons. The Morgan fingerprint density at radius 3 is 2.28 bits per heavy atom. The predicted octanol–water partition coefficient (Wildman–Crippen LogP) is 3.66. The molecule has 3 rings (SSSR count). The fourth-order valence-corrected chi connectivity index (χ4v) is 3.47. The van der Waals surface area contributed by atoms with Gasteiger partial charge >= 0.3 is 0 Å². The molecule has 0 bridgehead atoms. The Hall–Kier alpha value is -3.19. The van der Waals surface area contributed by atoms with Gasteiger partial charge in [0.1, 0.15) is 5.57 Å². The summed E-state index contributed by atoms with van der Waals surface area (Å²) in [6, 6.07) is 14.3. The molecule has 2 aromatic rings. The van der Waals surface area contributed by atoms with Crippen molar-refractivity contribution in [2.45, 2.75) is 13.3 Å². The summed E-state index contributed by atoms with van der Waals surface area (Å²) < 4.78 is 10.6. The van der Waals surface area contributed by atoms with E-state index in [-0.39, 0.29) is 10.7 Å². The quantitative estimate of drug-likeness (QED) is 0.413. The highest BCUT2D eigenvalue weighted by atomic mass is 32.1. The van der Waals surface area contributed by atoms with Crippen LogP contribution >= 0.6 is 12.2 Å². The molecule has 1 saturated heterocycles. The third kappa shape index (κ3) is 4.00. The van der Waals surface area contributed by atoms with Crippen molar-refractivity contribution in [1.82, 2.24) is 4.90 Å². The molecule has 0 aromatic heterocycles. The predicted molar refractivity (Wildman–Crippen MR) is 116 cm³/mol. The molecule has 0 radical (unpaired) electrons. The van der Waals surface area contributed by atoms with E-state index in [1.807, 2.05) is 25.1 Å². The number of methoxy groups -OCH3 is 2. The zero-order valence-electron chi connectivity index (χ0n) is 16.5. The maximum Gasteiger partial charge on any atom is 0.270 e. The lowest BCUT2D eigenvalue weighted by Crippen LogP contribution is -2.56. The fraction of sp³-hybridized carbons (Fsp3) is 0.227. The number of rotatable bonds is 6. The molecule has 7 heteroatoms. The van der Waals surface area contributed by atoms with Crippen LogP contribution in [0.25, 0.3) is 6.08 Å². The summed E-state index contributed by atoms with van der Waals surface area (Å²) in [5.41, 5.74) is 1.31. The number of benzene rings is 2. The molecular weight excluding hydrogens is 388 g/mol. The third-order valence-corrected chi connectivity index (χ3v) is 4.91. The second-order valence-corrected chi connectivity index (χ2v) is 6.75. The van der Waals surface area contributed by atoms with Gasteiger partial charge in [-0.25, -0.2) is 0 Å². The lowest BCUT2D eigenvalue weighted by molar-refractivity contribution is -0.127. The standard InChI is InChI=1S/C22H22N2O4S/c1-4-12-23-20(25)17(13-15-10-11-18(27-2)19(14-15)28-3)21(26)24(22(23)29)16-8-6-5-7-9-16/h5-11,13-14H,4,12H2,1-3H3/b17-13+. The van der Waals surface area contributed by atoms with E-state index < -0.39 is 11.8 Å². The Balaban J connectivity index is 2.08. The Morgan fingerprint density at radius 1 is 0.966 bits per heavy atom. The number of amides is 2. The molecule has 0 N–H and O–H groups in total. The van der Waals surface area contributed by atoms with E-state index in [0.29, 0.717) is 35.7 Å². The first-order valence-electron chi connectivity index (χ1n) is 9.20. The van der Waals surface area contributed by atoms with Crippen LogP contribution in [-0.2, 0) is 9.59 Å². The van der Waals surface area contributed by atoms with Gasteiger partial charge in [-0.2, -0.15) is 0 Å². The average molecular weight is 410 g/mol. The first kappa shape index (κ1) is 20.5. The van der Waals surface area contributed by atoms with Crippen molar-refractivity contribution in [3.63, 3.8) is 0 Å². The van der Waals surface area contributed by atoms with E-state index in [2.05, 4.69) is 0 Å². The zero-order valence-corrected chi connectivity index (χ0v) is 17.4. The van der Waals surface area contributed by atoms with E-state index in [0.717, 1.165) is 0 Å². The molecule has 0 spiro atoms. The normalized spacial score (nSPS) is 15.8. The van der Waals surface area contributed by atoms with Gasteiger partial charge < -0.3 is 9.47 Å². The van der Waals surface area contributed by atoms with Crippen molar-refractivity contribution < 1.29 is 19.1 Å². The van der Waals surface area contributed by atoms with Crippen LogP contribution in [0.3, 0.4) is 0 Å². The van der Waals surface area contributed by atoms with Crippen molar-refractivity contribution in [1.29, 1.82) is 0 Å². The third-order valence-electron chi connectivity index (χ3n) is 4.51. The molecule has 1 heterocycles. The van der Waals surface area contributed by atoms with Crippen LogP contribution in [-0.4, -0.2) is 42.6 Å². The van der Waals surface area contributed by atoms with Crippen LogP contribution < -0.4 is 14.4 Å². The second kappa shape index (κ2) is 8.87. The van der Waals surface area contributed by atoms with E-state index in [4.69, 9.17) is 21.7 Å². The van der Waals surface area contributed by atoms with Crippen LogP contribution in [0.2, 0.25) is 0 Å². The molecule has 2 amide bonds. The first-order chi connectivity index (χ1) is 14.0. The number of carbonyl (C=O) groups excluding carboxylic acids is 2. The van der Waals surface area contributed by atoms with Gasteiger partial charge in [0.25, 0.3) is 11.8 Å². The monoisotopic (exact) mass is 410 g/mol. The van der Waals surface area contributed by atoms with Crippen LogP contribution in [0, 0.1) is 0 Å². The van der Waals surface area contributed by atoms with Gasteiger partial charge in [0.2, 0.25) is 0 Å². The van der Waals surface area contributed by atoms with Gasteiger partial charge in [-0.3, -0.25) is 19.4 Å². The van der Waals surface area contributed by atoms with Crippen LogP contribution in [0.5, 0.6) is 11.5 Å². The SMILES string of the molecule is CCCN1C(=O)/C(=C\c2ccc(OC)c(OC)c2)C(=O)N(c2ccccc2)C1=S. The van der Waals surface area contributed by atoms with Crippen molar-refractivity contribution >= 4 is 40.9 Å². The highest BCUT2D eigenvalue weighted by Crippen LogP contribution is 2.30. The number of carbonyl (C=O) groups is 2. The Bertz CT molecular complexity index is 972.